The normalized spacial score (nSPS) is 9.54. The van der Waals surface area contributed by atoms with E-state index in [1.807, 2.05) is 0 Å². The summed E-state index contributed by atoms with van der Waals surface area (Å²) in [4.78, 5) is 20.7. The van der Waals surface area contributed by atoms with Crippen LogP contribution in [0, 0.1) is 0 Å². The molecule has 0 saturated heterocycles. The average Bonchev–Trinajstić information content (AvgIpc) is 2.03. The molecule has 0 fully saturated rings. The molecule has 0 aliphatic carbocycles. The molecule has 0 atom stereocenters. The molecule has 68 valence electrons. The van der Waals surface area contributed by atoms with E-state index in [0.29, 0.717) is 0 Å². The van der Waals surface area contributed by atoms with E-state index >= 15 is 0 Å². The van der Waals surface area contributed by atoms with E-state index in [9.17, 15) is 14.7 Å². The van der Waals surface area contributed by atoms with Crippen molar-refractivity contribution >= 4 is 24.6 Å². The summed E-state index contributed by atoms with van der Waals surface area (Å²) in [7, 11) is 0. The van der Waals surface area contributed by atoms with E-state index in [-0.39, 0.29) is 16.0 Å². The fourth-order valence-corrected chi connectivity index (χ4v) is 1.17. The van der Waals surface area contributed by atoms with Crippen molar-refractivity contribution in [3.63, 3.8) is 0 Å². The van der Waals surface area contributed by atoms with E-state index in [0.717, 1.165) is 0 Å². The molecule has 1 aromatic rings. The van der Waals surface area contributed by atoms with Gasteiger partial charge in [-0.15, -0.1) is 0 Å². The first-order chi connectivity index (χ1) is 6.04. The van der Waals surface area contributed by atoms with Gasteiger partial charge in [0.2, 0.25) is 0 Å². The Hall–Kier alpha value is -1.62. The van der Waals surface area contributed by atoms with Crippen molar-refractivity contribution in [2.24, 2.45) is 0 Å². The molecule has 13 heavy (non-hydrogen) atoms. The van der Waals surface area contributed by atoms with Crippen molar-refractivity contribution in [2.45, 2.75) is 4.90 Å². The summed E-state index contributed by atoms with van der Waals surface area (Å²) in [5.41, 5.74) is -0.466. The summed E-state index contributed by atoms with van der Waals surface area (Å²) < 4.78 is 0. The van der Waals surface area contributed by atoms with E-state index in [2.05, 4.69) is 12.6 Å². The molecular formula is C8H4O4S-2. The summed E-state index contributed by atoms with van der Waals surface area (Å²) >= 11 is 4.64. The van der Waals surface area contributed by atoms with Crippen molar-refractivity contribution in [3.8, 4) is 0 Å². The summed E-state index contributed by atoms with van der Waals surface area (Å²) in [6.07, 6.45) is 0. The molecule has 1 N–H and O–H groups in total. The molecule has 4 nitrogen and oxygen atoms in total. The Balaban J connectivity index is 3.35. The van der Waals surface area contributed by atoms with Crippen LogP contribution in [0.15, 0.2) is 23.1 Å². The number of carbonyl (C=O) groups excluding carboxylic acids is 1. The lowest BCUT2D eigenvalue weighted by molar-refractivity contribution is -0.255. The molecule has 0 bridgehead atoms. The molecule has 0 radical (unpaired) electrons. The minimum atomic E-state index is -1.46. The summed E-state index contributed by atoms with van der Waals surface area (Å²) in [5, 5.41) is 19.0. The number of benzene rings is 1. The highest BCUT2D eigenvalue weighted by Gasteiger charge is 2.04. The molecular weight excluding hydrogens is 192 g/mol. The molecule has 0 aliphatic heterocycles. The molecule has 1 aromatic carbocycles. The second kappa shape index (κ2) is 3.40. The molecule has 0 spiro atoms. The summed E-state index contributed by atoms with van der Waals surface area (Å²) in [6, 6.07) is 3.77. The number of rotatable bonds is 2. The minimum absolute atomic E-state index is 0.197. The SMILES string of the molecule is O=C([O-])c1cccc(C(=O)O)c1[S-]. The Morgan fingerprint density at radius 3 is 2.31 bits per heavy atom. The van der Waals surface area contributed by atoms with Crippen LogP contribution in [0.5, 0.6) is 0 Å². The number of hydrogen-bond donors (Lipinski definition) is 1. The highest BCUT2D eigenvalue weighted by Crippen LogP contribution is 2.13. The van der Waals surface area contributed by atoms with Crippen molar-refractivity contribution in [1.82, 2.24) is 0 Å². The predicted molar refractivity (Wildman–Crippen MR) is 43.4 cm³/mol. The zero-order valence-corrected chi connectivity index (χ0v) is 7.13. The lowest BCUT2D eigenvalue weighted by Crippen LogP contribution is -2.23. The van der Waals surface area contributed by atoms with Gasteiger partial charge in [-0.2, -0.15) is 4.90 Å². The van der Waals surface area contributed by atoms with E-state index in [1.165, 1.54) is 18.2 Å². The van der Waals surface area contributed by atoms with Crippen LogP contribution in [0.4, 0.5) is 0 Å². The smallest absolute Gasteiger partial charge is 0.334 e. The van der Waals surface area contributed by atoms with Crippen LogP contribution in [0.2, 0.25) is 0 Å². The highest BCUT2D eigenvalue weighted by molar-refractivity contribution is 7.59. The molecule has 0 amide bonds. The second-order valence-electron chi connectivity index (χ2n) is 2.27. The van der Waals surface area contributed by atoms with Crippen molar-refractivity contribution < 1.29 is 19.8 Å². The maximum atomic E-state index is 10.5. The number of aromatic carboxylic acids is 2. The summed E-state index contributed by atoms with van der Waals surface area (Å²) in [6.45, 7) is 0. The van der Waals surface area contributed by atoms with Gasteiger partial charge in [-0.25, -0.2) is 4.79 Å². The third-order valence-electron chi connectivity index (χ3n) is 1.47. The molecule has 0 aliphatic rings. The van der Waals surface area contributed by atoms with Gasteiger partial charge in [0, 0.05) is 5.56 Å². The van der Waals surface area contributed by atoms with Crippen LogP contribution in [0.25, 0.3) is 0 Å². The first-order valence-corrected chi connectivity index (χ1v) is 3.69. The predicted octanol–water partition coefficient (Wildman–Crippen LogP) is -0.346. The van der Waals surface area contributed by atoms with Crippen LogP contribution >= 0.6 is 0 Å². The van der Waals surface area contributed by atoms with E-state index in [1.54, 1.807) is 0 Å². The van der Waals surface area contributed by atoms with Crippen LogP contribution < -0.4 is 5.11 Å². The molecule has 5 heteroatoms. The van der Waals surface area contributed by atoms with Gasteiger partial charge in [-0.1, -0.05) is 12.1 Å². The second-order valence-corrected chi connectivity index (χ2v) is 2.68. The molecule has 0 saturated carbocycles. The minimum Gasteiger partial charge on any atom is -0.778 e. The molecule has 0 aromatic heterocycles. The van der Waals surface area contributed by atoms with Gasteiger partial charge in [0.05, 0.1) is 5.97 Å². The maximum Gasteiger partial charge on any atom is 0.334 e. The van der Waals surface area contributed by atoms with Crippen LogP contribution in [0.1, 0.15) is 20.7 Å². The van der Waals surface area contributed by atoms with Gasteiger partial charge in [-0.3, -0.25) is 0 Å². The standard InChI is InChI=1S/C8H6O4S/c9-7(10)4-2-1-3-5(6(4)13)8(11)12/h1-3,13H,(H,9,10)(H,11,12)/p-2. The van der Waals surface area contributed by atoms with Crippen molar-refractivity contribution in [3.05, 3.63) is 29.3 Å². The number of hydrogen-bond acceptors (Lipinski definition) is 4. The monoisotopic (exact) mass is 196 g/mol. The fraction of sp³-hybridized carbons (Fsp3) is 0. The molecule has 1 rings (SSSR count). The largest absolute Gasteiger partial charge is 0.778 e. The lowest BCUT2D eigenvalue weighted by Gasteiger charge is -2.16. The quantitative estimate of drug-likeness (QED) is 0.654. The Kier molecular flexibility index (Phi) is 2.48. The number of carboxylic acids is 2. The van der Waals surface area contributed by atoms with Gasteiger partial charge in [-0.05, 0) is 11.6 Å². The third kappa shape index (κ3) is 1.75. The van der Waals surface area contributed by atoms with E-state index in [4.69, 9.17) is 5.11 Å². The van der Waals surface area contributed by atoms with Crippen molar-refractivity contribution in [2.75, 3.05) is 0 Å². The van der Waals surface area contributed by atoms with Gasteiger partial charge in [0.25, 0.3) is 0 Å². The average molecular weight is 196 g/mol. The zero-order chi connectivity index (χ0) is 10.0. The molecule has 0 heterocycles. The van der Waals surface area contributed by atoms with Crippen LogP contribution in [0.3, 0.4) is 0 Å². The fourth-order valence-electron chi connectivity index (χ4n) is 0.866. The van der Waals surface area contributed by atoms with Crippen molar-refractivity contribution in [1.29, 1.82) is 0 Å². The van der Waals surface area contributed by atoms with Gasteiger partial charge in [0.1, 0.15) is 0 Å². The first kappa shape index (κ1) is 9.47. The third-order valence-corrected chi connectivity index (χ3v) is 1.91. The Morgan fingerprint density at radius 1 is 1.31 bits per heavy atom. The Bertz CT molecular complexity index is 340. The van der Waals surface area contributed by atoms with Crippen LogP contribution in [-0.2, 0) is 12.6 Å². The summed E-state index contributed by atoms with van der Waals surface area (Å²) in [5.74, 6) is -2.71. The topological polar surface area (TPSA) is 77.4 Å². The Labute approximate surface area is 79.2 Å². The van der Waals surface area contributed by atoms with E-state index < -0.39 is 11.9 Å². The van der Waals surface area contributed by atoms with Gasteiger partial charge in [0.15, 0.2) is 0 Å². The maximum absolute atomic E-state index is 10.5. The van der Waals surface area contributed by atoms with Gasteiger partial charge < -0.3 is 27.6 Å². The number of carboxylic acid groups (broad SMARTS) is 2. The first-order valence-electron chi connectivity index (χ1n) is 3.28. The molecule has 0 unspecified atom stereocenters. The van der Waals surface area contributed by atoms with Gasteiger partial charge >= 0.3 is 5.97 Å². The Morgan fingerprint density at radius 2 is 1.85 bits per heavy atom. The number of carbonyl (C=O) groups is 2. The van der Waals surface area contributed by atoms with Crippen LogP contribution in [-0.4, -0.2) is 17.0 Å². The lowest BCUT2D eigenvalue weighted by atomic mass is 10.1. The highest BCUT2D eigenvalue weighted by atomic mass is 32.1. The zero-order valence-electron chi connectivity index (χ0n) is 6.31.